The molecule has 2 aromatic carbocycles. The molecule has 0 amide bonds. The fraction of sp³-hybridized carbons (Fsp3) is 0.176. The highest BCUT2D eigenvalue weighted by atomic mass is 16.5. The van der Waals surface area contributed by atoms with Gasteiger partial charge in [-0.15, -0.1) is 0 Å². The number of aromatic nitrogens is 1. The van der Waals surface area contributed by atoms with Gasteiger partial charge in [-0.3, -0.25) is 0 Å². The Morgan fingerprint density at radius 1 is 1.00 bits per heavy atom. The van der Waals surface area contributed by atoms with Crippen molar-refractivity contribution in [1.29, 1.82) is 0 Å². The third-order valence-corrected chi connectivity index (χ3v) is 3.53. The summed E-state index contributed by atoms with van der Waals surface area (Å²) in [5, 5.41) is 1.21. The summed E-state index contributed by atoms with van der Waals surface area (Å²) in [6.45, 7) is 1.11. The van der Waals surface area contributed by atoms with E-state index < -0.39 is 0 Å². The highest BCUT2D eigenvalue weighted by molar-refractivity contribution is 5.86. The van der Waals surface area contributed by atoms with Crippen molar-refractivity contribution in [2.75, 3.05) is 0 Å². The van der Waals surface area contributed by atoms with Crippen LogP contribution in [0.2, 0.25) is 0 Å². The molecule has 102 valence electrons. The van der Waals surface area contributed by atoms with Crippen molar-refractivity contribution in [2.24, 2.45) is 12.8 Å². The van der Waals surface area contributed by atoms with Gasteiger partial charge >= 0.3 is 0 Å². The fourth-order valence-corrected chi connectivity index (χ4v) is 2.59. The van der Waals surface area contributed by atoms with E-state index in [0.717, 1.165) is 11.3 Å². The second-order valence-electron chi connectivity index (χ2n) is 4.88. The molecular weight excluding hydrogens is 248 g/mol. The lowest BCUT2D eigenvalue weighted by atomic mass is 10.1. The van der Waals surface area contributed by atoms with Gasteiger partial charge in [-0.1, -0.05) is 36.4 Å². The molecule has 1 aromatic heterocycles. The average Bonchev–Trinajstić information content (AvgIpc) is 2.83. The maximum atomic E-state index is 5.84. The number of hydrogen-bond donors (Lipinski definition) is 1. The van der Waals surface area contributed by atoms with Crippen LogP contribution in [0.25, 0.3) is 10.9 Å². The molecule has 0 aliphatic heterocycles. The van der Waals surface area contributed by atoms with Gasteiger partial charge in [0.2, 0.25) is 0 Å². The first-order chi connectivity index (χ1) is 9.79. The highest BCUT2D eigenvalue weighted by Gasteiger charge is 2.09. The molecule has 0 bridgehead atoms. The van der Waals surface area contributed by atoms with Crippen molar-refractivity contribution < 1.29 is 4.74 Å². The smallest absolute Gasteiger partial charge is 0.119 e. The van der Waals surface area contributed by atoms with E-state index in [1.54, 1.807) is 0 Å². The summed E-state index contributed by atoms with van der Waals surface area (Å²) in [6, 6.07) is 16.1. The van der Waals surface area contributed by atoms with Crippen LogP contribution < -0.4 is 10.5 Å². The van der Waals surface area contributed by atoms with Gasteiger partial charge in [0.15, 0.2) is 0 Å². The number of ether oxygens (including phenoxy) is 1. The van der Waals surface area contributed by atoms with E-state index in [4.69, 9.17) is 10.5 Å². The van der Waals surface area contributed by atoms with Gasteiger partial charge in [0.25, 0.3) is 0 Å². The van der Waals surface area contributed by atoms with Crippen LogP contribution in [-0.4, -0.2) is 4.57 Å². The lowest BCUT2D eigenvalue weighted by Gasteiger charge is -2.05. The number of rotatable bonds is 4. The summed E-state index contributed by atoms with van der Waals surface area (Å²) in [4.78, 5) is 0. The standard InChI is InChI=1S/C17H18N2O/c1-19-11-14(12-20-15-7-3-2-4-8-15)16-9-5-6-13(10-18)17(16)19/h2-9,11H,10,12,18H2,1H3. The maximum absolute atomic E-state index is 5.84. The minimum Gasteiger partial charge on any atom is -0.489 e. The molecule has 0 spiro atoms. The van der Waals surface area contributed by atoms with Crippen LogP contribution in [0.1, 0.15) is 11.1 Å². The second kappa shape index (κ2) is 5.39. The van der Waals surface area contributed by atoms with Gasteiger partial charge in [0.05, 0.1) is 5.52 Å². The van der Waals surface area contributed by atoms with E-state index in [-0.39, 0.29) is 0 Å². The quantitative estimate of drug-likeness (QED) is 0.787. The molecule has 3 heteroatoms. The molecule has 1 heterocycles. The Balaban J connectivity index is 1.93. The van der Waals surface area contributed by atoms with Gasteiger partial charge in [0.1, 0.15) is 12.4 Å². The minimum atomic E-state index is 0.550. The predicted molar refractivity (Wildman–Crippen MR) is 81.6 cm³/mol. The van der Waals surface area contributed by atoms with E-state index in [9.17, 15) is 0 Å². The number of hydrogen-bond acceptors (Lipinski definition) is 2. The van der Waals surface area contributed by atoms with Crippen molar-refractivity contribution >= 4 is 10.9 Å². The number of para-hydroxylation sites is 2. The van der Waals surface area contributed by atoms with Gasteiger partial charge in [0, 0.05) is 30.7 Å². The number of benzene rings is 2. The van der Waals surface area contributed by atoms with Gasteiger partial charge in [-0.05, 0) is 17.7 Å². The average molecular weight is 266 g/mol. The van der Waals surface area contributed by atoms with Crippen LogP contribution >= 0.6 is 0 Å². The zero-order valence-electron chi connectivity index (χ0n) is 11.5. The molecule has 0 atom stereocenters. The molecule has 2 N–H and O–H groups in total. The maximum Gasteiger partial charge on any atom is 0.119 e. The molecule has 0 radical (unpaired) electrons. The Bertz CT molecular complexity index is 716. The van der Waals surface area contributed by atoms with Crippen molar-refractivity contribution in [3.63, 3.8) is 0 Å². The van der Waals surface area contributed by atoms with Crippen LogP contribution in [-0.2, 0) is 20.2 Å². The summed E-state index contributed by atoms with van der Waals surface area (Å²) in [6.07, 6.45) is 2.12. The monoisotopic (exact) mass is 266 g/mol. The first-order valence-corrected chi connectivity index (χ1v) is 6.73. The van der Waals surface area contributed by atoms with Crippen LogP contribution in [0.5, 0.6) is 5.75 Å². The highest BCUT2D eigenvalue weighted by Crippen LogP contribution is 2.25. The number of aryl methyl sites for hydroxylation is 1. The molecule has 0 saturated heterocycles. The molecule has 0 saturated carbocycles. The normalized spacial score (nSPS) is 10.9. The zero-order chi connectivity index (χ0) is 13.9. The minimum absolute atomic E-state index is 0.550. The first kappa shape index (κ1) is 12.8. The Morgan fingerprint density at radius 2 is 1.80 bits per heavy atom. The Hall–Kier alpha value is -2.26. The first-order valence-electron chi connectivity index (χ1n) is 6.73. The molecule has 3 rings (SSSR count). The molecule has 3 nitrogen and oxygen atoms in total. The van der Waals surface area contributed by atoms with E-state index in [1.165, 1.54) is 16.5 Å². The van der Waals surface area contributed by atoms with E-state index in [0.29, 0.717) is 13.2 Å². The topological polar surface area (TPSA) is 40.2 Å². The Kier molecular flexibility index (Phi) is 3.44. The van der Waals surface area contributed by atoms with Crippen molar-refractivity contribution in [1.82, 2.24) is 4.57 Å². The second-order valence-corrected chi connectivity index (χ2v) is 4.88. The Morgan fingerprint density at radius 3 is 2.55 bits per heavy atom. The van der Waals surface area contributed by atoms with Gasteiger partial charge in [-0.25, -0.2) is 0 Å². The van der Waals surface area contributed by atoms with E-state index >= 15 is 0 Å². The Labute approximate surface area is 118 Å². The van der Waals surface area contributed by atoms with Crippen LogP contribution in [0.3, 0.4) is 0 Å². The fourth-order valence-electron chi connectivity index (χ4n) is 2.59. The van der Waals surface area contributed by atoms with Crippen molar-refractivity contribution in [3.8, 4) is 5.75 Å². The molecule has 3 aromatic rings. The summed E-state index contributed by atoms with van der Waals surface area (Å²) < 4.78 is 7.97. The third-order valence-electron chi connectivity index (χ3n) is 3.53. The van der Waals surface area contributed by atoms with Gasteiger partial charge < -0.3 is 15.0 Å². The summed E-state index contributed by atoms with van der Waals surface area (Å²) in [5.41, 5.74) is 9.36. The molecular formula is C17H18N2O. The lowest BCUT2D eigenvalue weighted by Crippen LogP contribution is -1.99. The van der Waals surface area contributed by atoms with E-state index in [2.05, 4.69) is 29.0 Å². The van der Waals surface area contributed by atoms with Crippen LogP contribution in [0.4, 0.5) is 0 Å². The summed E-state index contributed by atoms with van der Waals surface area (Å²) in [7, 11) is 2.05. The summed E-state index contributed by atoms with van der Waals surface area (Å²) >= 11 is 0. The molecule has 0 aliphatic rings. The number of nitrogens with two attached hydrogens (primary N) is 1. The SMILES string of the molecule is Cn1cc(COc2ccccc2)c2cccc(CN)c21. The zero-order valence-corrected chi connectivity index (χ0v) is 11.5. The number of fused-ring (bicyclic) bond motifs is 1. The van der Waals surface area contributed by atoms with Crippen LogP contribution in [0, 0.1) is 0 Å². The number of nitrogens with zero attached hydrogens (tertiary/aromatic N) is 1. The summed E-state index contributed by atoms with van der Waals surface area (Å²) in [5.74, 6) is 0.888. The molecule has 0 aliphatic carbocycles. The van der Waals surface area contributed by atoms with Crippen molar-refractivity contribution in [3.05, 3.63) is 65.9 Å². The largest absolute Gasteiger partial charge is 0.489 e. The van der Waals surface area contributed by atoms with Crippen molar-refractivity contribution in [2.45, 2.75) is 13.2 Å². The predicted octanol–water partition coefficient (Wildman–Crippen LogP) is 3.22. The van der Waals surface area contributed by atoms with Crippen LogP contribution in [0.15, 0.2) is 54.7 Å². The molecule has 0 unspecified atom stereocenters. The lowest BCUT2D eigenvalue weighted by molar-refractivity contribution is 0.307. The van der Waals surface area contributed by atoms with E-state index in [1.807, 2.05) is 37.4 Å². The molecule has 0 fully saturated rings. The third kappa shape index (κ3) is 2.28. The van der Waals surface area contributed by atoms with Gasteiger partial charge in [-0.2, -0.15) is 0 Å². The molecule has 20 heavy (non-hydrogen) atoms.